The number of carbonyl (C=O) groups excluding carboxylic acids is 4. The van der Waals surface area contributed by atoms with E-state index in [1.807, 2.05) is 0 Å². The molecule has 1 saturated heterocycles. The highest BCUT2D eigenvalue weighted by molar-refractivity contribution is 6.25. The number of aliphatic hydroxyl groups excluding tert-OH is 2. The Balaban J connectivity index is 1.81. The minimum atomic E-state index is -2.23. The summed E-state index contributed by atoms with van der Waals surface area (Å²) in [5.41, 5.74) is -6.51. The summed E-state index contributed by atoms with van der Waals surface area (Å²) in [6.07, 6.45) is 3.29. The summed E-state index contributed by atoms with van der Waals surface area (Å²) in [6.45, 7) is 4.20. The van der Waals surface area contributed by atoms with Crippen molar-refractivity contribution >= 4 is 23.5 Å². The minimum absolute atomic E-state index is 0.0943. The predicted molar refractivity (Wildman–Crippen MR) is 119 cm³/mol. The molecule has 3 N–H and O–H groups in total. The van der Waals surface area contributed by atoms with Crippen LogP contribution in [0.1, 0.15) is 33.6 Å². The summed E-state index contributed by atoms with van der Waals surface area (Å²) in [5, 5.41) is 32.3. The zero-order chi connectivity index (χ0) is 25.9. The number of hydrogen-bond acceptors (Lipinski definition) is 10. The van der Waals surface area contributed by atoms with Crippen molar-refractivity contribution in [3.8, 4) is 0 Å². The number of aliphatic hydroxyl groups is 3. The van der Waals surface area contributed by atoms with Gasteiger partial charge in [0.05, 0.1) is 7.11 Å². The molecule has 0 aromatic rings. The fourth-order valence-corrected chi connectivity index (χ4v) is 5.72. The fourth-order valence-electron chi connectivity index (χ4n) is 5.72. The van der Waals surface area contributed by atoms with E-state index in [0.29, 0.717) is 0 Å². The fraction of sp³-hybridized carbons (Fsp3) is 0.520. The van der Waals surface area contributed by atoms with Gasteiger partial charge in [0.2, 0.25) is 0 Å². The van der Waals surface area contributed by atoms with Crippen LogP contribution < -0.4 is 0 Å². The zero-order valence-corrected chi connectivity index (χ0v) is 19.8. The van der Waals surface area contributed by atoms with Crippen LogP contribution in [0.5, 0.6) is 0 Å². The van der Waals surface area contributed by atoms with E-state index in [4.69, 9.17) is 14.2 Å². The van der Waals surface area contributed by atoms with Gasteiger partial charge in [-0.25, -0.2) is 9.59 Å². The lowest BCUT2D eigenvalue weighted by atomic mass is 9.45. The molecule has 10 nitrogen and oxygen atoms in total. The van der Waals surface area contributed by atoms with E-state index >= 15 is 0 Å². The Labute approximate surface area is 201 Å². The van der Waals surface area contributed by atoms with Crippen LogP contribution in [0, 0.1) is 11.3 Å². The third kappa shape index (κ3) is 3.27. The average Bonchev–Trinajstić information content (AvgIpc) is 2.81. The Kier molecular flexibility index (Phi) is 5.90. The number of esters is 2. The van der Waals surface area contributed by atoms with Crippen molar-refractivity contribution in [2.45, 2.75) is 63.1 Å². The SMILES string of the molecule is C/C=C/C=C/C(O)=C1/C(=O)[C@]2(C)C(=O)[C@@](C)(O)[C@H]1C[C@]21O[C@@H]2CC(C(=O)OC)=C[C@H](O)[C@H]2OC1=O. The van der Waals surface area contributed by atoms with E-state index in [9.17, 15) is 34.5 Å². The molecule has 7 atom stereocenters. The summed E-state index contributed by atoms with van der Waals surface area (Å²) in [4.78, 5) is 52.7. The maximum absolute atomic E-state index is 13.7. The third-order valence-electron chi connectivity index (χ3n) is 7.64. The number of allylic oxidation sites excluding steroid dienone is 4. The number of methoxy groups -OCH3 is 1. The second kappa shape index (κ2) is 8.25. The van der Waals surface area contributed by atoms with Crippen LogP contribution in [-0.4, -0.2) is 75.4 Å². The van der Waals surface area contributed by atoms with Crippen LogP contribution in [0.15, 0.2) is 47.3 Å². The van der Waals surface area contributed by atoms with Gasteiger partial charge in [-0.1, -0.05) is 18.2 Å². The Morgan fingerprint density at radius 3 is 2.54 bits per heavy atom. The lowest BCUT2D eigenvalue weighted by molar-refractivity contribution is -0.275. The summed E-state index contributed by atoms with van der Waals surface area (Å²) < 4.78 is 16.4. The van der Waals surface area contributed by atoms with E-state index in [-0.39, 0.29) is 24.0 Å². The molecule has 0 aromatic heterocycles. The molecule has 1 aliphatic heterocycles. The van der Waals surface area contributed by atoms with Crippen molar-refractivity contribution in [3.05, 3.63) is 47.3 Å². The summed E-state index contributed by atoms with van der Waals surface area (Å²) in [7, 11) is 1.18. The Hall–Kier alpha value is -3.08. The lowest BCUT2D eigenvalue weighted by Crippen LogP contribution is -2.79. The first-order valence-electron chi connectivity index (χ1n) is 11.3. The first-order chi connectivity index (χ1) is 16.4. The molecule has 1 spiro atoms. The van der Waals surface area contributed by atoms with Crippen molar-refractivity contribution in [2.75, 3.05) is 7.11 Å². The Morgan fingerprint density at radius 2 is 1.91 bits per heavy atom. The van der Waals surface area contributed by atoms with Gasteiger partial charge in [-0.05, 0) is 39.3 Å². The lowest BCUT2D eigenvalue weighted by Gasteiger charge is -2.61. The first-order valence-corrected chi connectivity index (χ1v) is 11.3. The predicted octanol–water partition coefficient (Wildman–Crippen LogP) is 0.773. The molecular formula is C25H28O10. The topological polar surface area (TPSA) is 157 Å². The van der Waals surface area contributed by atoms with Gasteiger partial charge in [0.15, 0.2) is 23.3 Å². The van der Waals surface area contributed by atoms with Crippen LogP contribution in [0.2, 0.25) is 0 Å². The van der Waals surface area contributed by atoms with Crippen molar-refractivity contribution in [1.29, 1.82) is 0 Å². The molecule has 10 heteroatoms. The minimum Gasteiger partial charge on any atom is -0.508 e. The number of Topliss-reactive ketones (excluding diaryl/α,β-unsaturated/α-hetero) is 2. The van der Waals surface area contributed by atoms with Crippen LogP contribution in [0.25, 0.3) is 0 Å². The van der Waals surface area contributed by atoms with Crippen LogP contribution in [-0.2, 0) is 33.4 Å². The number of rotatable bonds is 3. The van der Waals surface area contributed by atoms with E-state index in [0.717, 1.165) is 0 Å². The van der Waals surface area contributed by atoms with Gasteiger partial charge < -0.3 is 29.5 Å². The molecule has 0 aromatic carbocycles. The molecule has 188 valence electrons. The van der Waals surface area contributed by atoms with Crippen LogP contribution in [0.3, 0.4) is 0 Å². The van der Waals surface area contributed by atoms with Gasteiger partial charge in [0, 0.05) is 23.5 Å². The number of ketones is 2. The highest BCUT2D eigenvalue weighted by Gasteiger charge is 2.79. The highest BCUT2D eigenvalue weighted by atomic mass is 16.6. The molecule has 5 rings (SSSR count). The molecule has 1 heterocycles. The first kappa shape index (κ1) is 25.0. The van der Waals surface area contributed by atoms with Gasteiger partial charge in [0.1, 0.15) is 29.0 Å². The number of fused-ring (bicyclic) bond motifs is 3. The maximum atomic E-state index is 13.7. The van der Waals surface area contributed by atoms with E-state index in [1.54, 1.807) is 19.1 Å². The second-order valence-corrected chi connectivity index (χ2v) is 9.60. The third-order valence-corrected chi connectivity index (χ3v) is 7.64. The van der Waals surface area contributed by atoms with Crippen molar-refractivity contribution in [1.82, 2.24) is 0 Å². The molecule has 35 heavy (non-hydrogen) atoms. The molecule has 5 aliphatic rings. The van der Waals surface area contributed by atoms with Crippen molar-refractivity contribution < 1.29 is 48.7 Å². The number of carbonyl (C=O) groups is 4. The summed E-state index contributed by atoms with van der Waals surface area (Å²) in [5.74, 6) is -5.23. The smallest absolute Gasteiger partial charge is 0.340 e. The van der Waals surface area contributed by atoms with Gasteiger partial charge in [-0.3, -0.25) is 9.59 Å². The normalized spacial score (nSPS) is 42.3. The molecular weight excluding hydrogens is 460 g/mol. The standard InChI is InChI=1S/C25H28O10/c1-5-6-7-8-14(26)17-13-11-25(23(2,19(17)28)21(30)24(13,3)32)22(31)34-18-15(27)9-12(20(29)33-4)10-16(18)35-25/h5-9,13,15-16,18,26-27,32H,10-11H2,1-4H3/b6-5+,8-7+,17-14-/t13-,15-,16+,18+,23+,24-,25+/m0/s1. The zero-order valence-electron chi connectivity index (χ0n) is 19.8. The van der Waals surface area contributed by atoms with Crippen molar-refractivity contribution in [3.63, 3.8) is 0 Å². The maximum Gasteiger partial charge on any atom is 0.340 e. The molecule has 3 saturated carbocycles. The average molecular weight is 488 g/mol. The van der Waals surface area contributed by atoms with Crippen LogP contribution in [0.4, 0.5) is 0 Å². The largest absolute Gasteiger partial charge is 0.508 e. The second-order valence-electron chi connectivity index (χ2n) is 9.60. The van der Waals surface area contributed by atoms with Crippen molar-refractivity contribution in [2.24, 2.45) is 11.3 Å². The molecule has 0 radical (unpaired) electrons. The molecule has 2 bridgehead atoms. The van der Waals surface area contributed by atoms with Gasteiger partial charge >= 0.3 is 11.9 Å². The molecule has 4 aliphatic carbocycles. The summed E-state index contributed by atoms with van der Waals surface area (Å²) >= 11 is 0. The molecule has 0 unspecified atom stereocenters. The van der Waals surface area contributed by atoms with Gasteiger partial charge in [-0.15, -0.1) is 0 Å². The van der Waals surface area contributed by atoms with E-state index < -0.39 is 70.1 Å². The number of ether oxygens (including phenoxy) is 3. The Morgan fingerprint density at radius 1 is 1.23 bits per heavy atom. The quantitative estimate of drug-likeness (QED) is 0.170. The van der Waals surface area contributed by atoms with Gasteiger partial charge in [0.25, 0.3) is 0 Å². The Bertz CT molecular complexity index is 1130. The van der Waals surface area contributed by atoms with Crippen LogP contribution >= 0.6 is 0 Å². The number of hydrogen-bond donors (Lipinski definition) is 3. The molecule has 0 amide bonds. The molecule has 4 fully saturated rings. The van der Waals surface area contributed by atoms with E-state index in [1.165, 1.54) is 39.2 Å². The summed E-state index contributed by atoms with van der Waals surface area (Å²) in [6, 6.07) is 0. The van der Waals surface area contributed by atoms with E-state index in [2.05, 4.69) is 0 Å². The monoisotopic (exact) mass is 488 g/mol. The van der Waals surface area contributed by atoms with Gasteiger partial charge in [-0.2, -0.15) is 0 Å². The highest BCUT2D eigenvalue weighted by Crippen LogP contribution is 2.61.